The molecular formula is C20H29N5O3S. The minimum atomic E-state index is 0.160. The van der Waals surface area contributed by atoms with Gasteiger partial charge in [0.1, 0.15) is 12.1 Å². The number of aromatic nitrogens is 2. The summed E-state index contributed by atoms with van der Waals surface area (Å²) in [7, 11) is 3.22. The highest BCUT2D eigenvalue weighted by Crippen LogP contribution is 2.55. The molecule has 1 aromatic carbocycles. The number of nitrogens with zero attached hydrogens (tertiary/aromatic N) is 3. The molecule has 0 spiro atoms. The molecule has 2 aliphatic rings. The largest absolute Gasteiger partial charge is 0.493 e. The van der Waals surface area contributed by atoms with Gasteiger partial charge in [0, 0.05) is 50.3 Å². The first-order valence-electron chi connectivity index (χ1n) is 9.99. The molecular weight excluding hydrogens is 390 g/mol. The third-order valence-electron chi connectivity index (χ3n) is 6.29. The molecule has 0 bridgehead atoms. The molecule has 0 radical (unpaired) electrons. The number of nitrogens with one attached hydrogen (secondary N) is 1. The van der Waals surface area contributed by atoms with E-state index in [1.165, 1.54) is 37.8 Å². The number of fused-ring (bicyclic) bond motifs is 1. The number of methoxy groups -OCH3 is 2. The van der Waals surface area contributed by atoms with Crippen LogP contribution in [0.5, 0.6) is 11.5 Å². The van der Waals surface area contributed by atoms with E-state index in [-0.39, 0.29) is 6.79 Å². The molecule has 1 saturated heterocycles. The highest BCUT2D eigenvalue weighted by atomic mass is 32.2. The molecule has 1 aliphatic carbocycles. The zero-order chi connectivity index (χ0) is 20.3. The first kappa shape index (κ1) is 20.5. The maximum atomic E-state index is 5.69. The van der Waals surface area contributed by atoms with E-state index in [0.717, 1.165) is 42.3 Å². The van der Waals surface area contributed by atoms with Crippen LogP contribution in [0.25, 0.3) is 10.9 Å². The SMILES string of the molecule is COCOc1cc2c(N3CCC(C4(CNSN)CC4)CC3)ncnc2cc1OC. The Morgan fingerprint density at radius 2 is 2.00 bits per heavy atom. The van der Waals surface area contributed by atoms with Crippen LogP contribution in [0.3, 0.4) is 0 Å². The Bertz CT molecular complexity index is 840. The van der Waals surface area contributed by atoms with Crippen molar-refractivity contribution >= 4 is 28.9 Å². The molecule has 9 heteroatoms. The number of rotatable bonds is 9. The van der Waals surface area contributed by atoms with Crippen molar-refractivity contribution in [3.63, 3.8) is 0 Å². The maximum absolute atomic E-state index is 5.69. The molecule has 1 aromatic heterocycles. The van der Waals surface area contributed by atoms with E-state index in [1.54, 1.807) is 20.5 Å². The summed E-state index contributed by atoms with van der Waals surface area (Å²) < 4.78 is 19.5. The van der Waals surface area contributed by atoms with E-state index in [4.69, 9.17) is 19.3 Å². The Morgan fingerprint density at radius 3 is 2.66 bits per heavy atom. The number of anilines is 1. The van der Waals surface area contributed by atoms with Gasteiger partial charge in [0.2, 0.25) is 0 Å². The summed E-state index contributed by atoms with van der Waals surface area (Å²) in [5.74, 6) is 2.97. The zero-order valence-electron chi connectivity index (χ0n) is 17.0. The molecule has 1 saturated carbocycles. The van der Waals surface area contributed by atoms with Gasteiger partial charge in [-0.1, -0.05) is 0 Å². The monoisotopic (exact) mass is 419 g/mol. The number of nitrogens with two attached hydrogens (primary N) is 1. The zero-order valence-corrected chi connectivity index (χ0v) is 17.8. The van der Waals surface area contributed by atoms with Crippen molar-refractivity contribution in [1.82, 2.24) is 14.7 Å². The summed E-state index contributed by atoms with van der Waals surface area (Å²) in [4.78, 5) is 11.4. The van der Waals surface area contributed by atoms with E-state index < -0.39 is 0 Å². The molecule has 1 aliphatic heterocycles. The van der Waals surface area contributed by atoms with Crippen LogP contribution in [0.2, 0.25) is 0 Å². The number of hydrogen-bond acceptors (Lipinski definition) is 9. The average molecular weight is 420 g/mol. The molecule has 29 heavy (non-hydrogen) atoms. The number of ether oxygens (including phenoxy) is 3. The molecule has 0 amide bonds. The Morgan fingerprint density at radius 1 is 1.21 bits per heavy atom. The predicted molar refractivity (Wildman–Crippen MR) is 115 cm³/mol. The highest BCUT2D eigenvalue weighted by Gasteiger charge is 2.49. The number of piperidine rings is 1. The molecule has 8 nitrogen and oxygen atoms in total. The first-order valence-corrected chi connectivity index (χ1v) is 10.9. The molecule has 2 heterocycles. The summed E-state index contributed by atoms with van der Waals surface area (Å²) in [6.07, 6.45) is 6.59. The molecule has 2 fully saturated rings. The molecule has 2 aromatic rings. The van der Waals surface area contributed by atoms with Gasteiger partial charge in [-0.2, -0.15) is 0 Å². The lowest BCUT2D eigenvalue weighted by Crippen LogP contribution is -2.39. The van der Waals surface area contributed by atoms with Crippen LogP contribution in [-0.2, 0) is 4.74 Å². The van der Waals surface area contributed by atoms with Gasteiger partial charge in [-0.3, -0.25) is 9.86 Å². The smallest absolute Gasteiger partial charge is 0.188 e. The van der Waals surface area contributed by atoms with Crippen molar-refractivity contribution in [2.24, 2.45) is 16.5 Å². The summed E-state index contributed by atoms with van der Waals surface area (Å²) in [6, 6.07) is 3.85. The Hall–Kier alpha value is -1.81. The fourth-order valence-electron chi connectivity index (χ4n) is 4.48. The third-order valence-corrected chi connectivity index (χ3v) is 6.60. The Kier molecular flexibility index (Phi) is 6.29. The van der Waals surface area contributed by atoms with Gasteiger partial charge >= 0.3 is 0 Å². The van der Waals surface area contributed by atoms with Gasteiger partial charge in [0.25, 0.3) is 0 Å². The van der Waals surface area contributed by atoms with Crippen LogP contribution in [0.1, 0.15) is 25.7 Å². The molecule has 0 unspecified atom stereocenters. The second-order valence-corrected chi connectivity index (χ2v) is 8.36. The Labute approximate surface area is 175 Å². The van der Waals surface area contributed by atoms with Crippen molar-refractivity contribution < 1.29 is 14.2 Å². The second-order valence-electron chi connectivity index (χ2n) is 7.83. The fraction of sp³-hybridized carbons (Fsp3) is 0.600. The van der Waals surface area contributed by atoms with Crippen LogP contribution in [0, 0.1) is 11.3 Å². The van der Waals surface area contributed by atoms with Crippen molar-refractivity contribution in [2.45, 2.75) is 25.7 Å². The van der Waals surface area contributed by atoms with Gasteiger partial charge < -0.3 is 19.1 Å². The van der Waals surface area contributed by atoms with Crippen molar-refractivity contribution in [3.05, 3.63) is 18.5 Å². The quantitative estimate of drug-likeness (QED) is 0.470. The number of hydrogen-bond donors (Lipinski definition) is 2. The van der Waals surface area contributed by atoms with E-state index in [1.807, 2.05) is 12.1 Å². The van der Waals surface area contributed by atoms with Gasteiger partial charge in [0.05, 0.1) is 12.6 Å². The lowest BCUT2D eigenvalue weighted by Gasteiger charge is -2.37. The molecule has 3 N–H and O–H groups in total. The topological polar surface area (TPSA) is 94.8 Å². The summed E-state index contributed by atoms with van der Waals surface area (Å²) >= 11 is 1.23. The van der Waals surface area contributed by atoms with E-state index >= 15 is 0 Å². The van der Waals surface area contributed by atoms with E-state index in [9.17, 15) is 0 Å². The van der Waals surface area contributed by atoms with Crippen LogP contribution in [-0.4, -0.2) is 50.6 Å². The van der Waals surface area contributed by atoms with Gasteiger partial charge in [-0.15, -0.1) is 0 Å². The van der Waals surface area contributed by atoms with Crippen LogP contribution in [0.15, 0.2) is 18.5 Å². The van der Waals surface area contributed by atoms with Crippen molar-refractivity contribution in [3.8, 4) is 11.5 Å². The lowest BCUT2D eigenvalue weighted by atomic mass is 9.81. The van der Waals surface area contributed by atoms with Gasteiger partial charge in [-0.25, -0.2) is 9.97 Å². The van der Waals surface area contributed by atoms with E-state index in [2.05, 4.69) is 19.6 Å². The molecule has 4 rings (SSSR count). The standard InChI is InChI=1S/C20H29N5O3S/c1-26-13-28-18-9-15-16(10-17(18)27-2)22-12-23-19(15)25-7-3-14(4-8-25)20(5-6-20)11-24-29-21/h9-10,12,14,24H,3-8,11,13,21H2,1-2H3. The predicted octanol–water partition coefficient (Wildman–Crippen LogP) is 2.73. The maximum Gasteiger partial charge on any atom is 0.188 e. The summed E-state index contributed by atoms with van der Waals surface area (Å²) in [6.45, 7) is 3.16. The van der Waals surface area contributed by atoms with Gasteiger partial charge in [0.15, 0.2) is 18.3 Å². The minimum absolute atomic E-state index is 0.160. The van der Waals surface area contributed by atoms with Crippen LogP contribution >= 0.6 is 12.1 Å². The van der Waals surface area contributed by atoms with E-state index in [0.29, 0.717) is 16.9 Å². The normalized spacial score (nSPS) is 18.8. The van der Waals surface area contributed by atoms with Crippen molar-refractivity contribution in [1.29, 1.82) is 0 Å². The number of benzene rings is 1. The summed E-state index contributed by atoms with van der Waals surface area (Å²) in [5.41, 5.74) is 1.29. The van der Waals surface area contributed by atoms with Crippen molar-refractivity contribution in [2.75, 3.05) is 45.5 Å². The molecule has 158 valence electrons. The summed E-state index contributed by atoms with van der Waals surface area (Å²) in [5, 5.41) is 6.54. The highest BCUT2D eigenvalue weighted by molar-refractivity contribution is 7.95. The lowest BCUT2D eigenvalue weighted by molar-refractivity contribution is 0.0493. The van der Waals surface area contributed by atoms with Gasteiger partial charge in [-0.05, 0) is 43.1 Å². The minimum Gasteiger partial charge on any atom is -0.493 e. The average Bonchev–Trinajstić information content (AvgIpc) is 3.56. The van der Waals surface area contributed by atoms with Crippen LogP contribution < -0.4 is 24.2 Å². The second kappa shape index (κ2) is 8.91. The molecule has 0 atom stereocenters. The van der Waals surface area contributed by atoms with Crippen LogP contribution in [0.4, 0.5) is 5.82 Å². The Balaban J connectivity index is 1.53. The fourth-order valence-corrected chi connectivity index (χ4v) is 4.85. The first-order chi connectivity index (χ1) is 14.2. The third kappa shape index (κ3) is 4.23.